The van der Waals surface area contributed by atoms with Gasteiger partial charge in [-0.25, -0.2) is 0 Å². The predicted molar refractivity (Wildman–Crippen MR) is 85.7 cm³/mol. The van der Waals surface area contributed by atoms with E-state index in [9.17, 15) is 0 Å². The first kappa shape index (κ1) is 12.9. The van der Waals surface area contributed by atoms with Crippen LogP contribution in [0.2, 0.25) is 5.02 Å². The van der Waals surface area contributed by atoms with Crippen LogP contribution < -0.4 is 0 Å². The molecular weight excluding hydrogens is 304 g/mol. The summed E-state index contributed by atoms with van der Waals surface area (Å²) in [5, 5.41) is 1.41. The highest BCUT2D eigenvalue weighted by Crippen LogP contribution is 2.27. The smallest absolute Gasteiger partial charge is 0.178 e. The molecule has 3 rings (SSSR count). The Bertz CT molecular complexity index is 613. The van der Waals surface area contributed by atoms with E-state index in [-0.39, 0.29) is 0 Å². The van der Waals surface area contributed by atoms with Crippen LogP contribution in [0.3, 0.4) is 0 Å². The van der Waals surface area contributed by atoms with Gasteiger partial charge in [0.2, 0.25) is 0 Å². The second-order valence-electron chi connectivity index (χ2n) is 4.27. The van der Waals surface area contributed by atoms with E-state index in [1.54, 1.807) is 0 Å². The lowest BCUT2D eigenvalue weighted by atomic mass is 10.3. The number of imidazole rings is 1. The summed E-state index contributed by atoms with van der Waals surface area (Å²) in [4.78, 5) is 3.25. The number of hydrogen-bond acceptors (Lipinski definition) is 3. The van der Waals surface area contributed by atoms with Crippen LogP contribution in [0.4, 0.5) is 0 Å². The van der Waals surface area contributed by atoms with Crippen molar-refractivity contribution in [2.75, 3.05) is 17.3 Å². The average molecular weight is 317 g/mol. The van der Waals surface area contributed by atoms with Gasteiger partial charge < -0.3 is 9.55 Å². The maximum Gasteiger partial charge on any atom is 0.178 e. The zero-order valence-electron chi connectivity index (χ0n) is 9.69. The molecule has 0 spiro atoms. The highest BCUT2D eigenvalue weighted by molar-refractivity contribution is 8.06. The SMILES string of the molecule is S=c1[nH]c2ccc(Cl)cc2n1CC1CSCCS1. The van der Waals surface area contributed by atoms with Gasteiger partial charge in [-0.1, -0.05) is 11.6 Å². The molecular formula is C12H13ClN2S3. The minimum Gasteiger partial charge on any atom is -0.331 e. The minimum absolute atomic E-state index is 0.647. The summed E-state index contributed by atoms with van der Waals surface area (Å²) in [6, 6.07) is 5.88. The average Bonchev–Trinajstić information content (AvgIpc) is 2.67. The standard InChI is InChI=1S/C12H13ClN2S3/c13-8-1-2-10-11(5-8)15(12(16)14-10)6-9-7-17-3-4-18-9/h1-2,5,9H,3-4,6-7H2,(H,14,16). The Kier molecular flexibility index (Phi) is 3.94. The molecule has 1 atom stereocenters. The van der Waals surface area contributed by atoms with Crippen molar-refractivity contribution in [3.63, 3.8) is 0 Å². The van der Waals surface area contributed by atoms with Gasteiger partial charge in [0.05, 0.1) is 11.0 Å². The number of rotatable bonds is 2. The van der Waals surface area contributed by atoms with Crippen molar-refractivity contribution < 1.29 is 0 Å². The number of benzene rings is 1. The van der Waals surface area contributed by atoms with E-state index in [4.69, 9.17) is 23.8 Å². The lowest BCUT2D eigenvalue weighted by molar-refractivity contribution is 0.705. The summed E-state index contributed by atoms with van der Waals surface area (Å²) in [7, 11) is 0. The topological polar surface area (TPSA) is 20.7 Å². The van der Waals surface area contributed by atoms with Crippen molar-refractivity contribution in [3.8, 4) is 0 Å². The largest absolute Gasteiger partial charge is 0.331 e. The van der Waals surface area contributed by atoms with Crippen LogP contribution in [0.25, 0.3) is 11.0 Å². The number of H-pyrrole nitrogens is 1. The van der Waals surface area contributed by atoms with E-state index in [1.165, 1.54) is 17.3 Å². The molecule has 1 aliphatic rings. The molecule has 1 aromatic heterocycles. The number of hydrogen-bond donors (Lipinski definition) is 1. The predicted octanol–water partition coefficient (Wildman–Crippen LogP) is 4.20. The second kappa shape index (κ2) is 5.49. The minimum atomic E-state index is 0.647. The van der Waals surface area contributed by atoms with Gasteiger partial charge in [-0.3, -0.25) is 0 Å². The molecule has 0 aliphatic carbocycles. The van der Waals surface area contributed by atoms with Gasteiger partial charge in [-0.2, -0.15) is 23.5 Å². The van der Waals surface area contributed by atoms with Gasteiger partial charge in [-0.15, -0.1) is 0 Å². The first-order valence-corrected chi connectivity index (χ1v) is 8.80. The number of aromatic nitrogens is 2. The fraction of sp³-hybridized carbons (Fsp3) is 0.417. The lowest BCUT2D eigenvalue weighted by Gasteiger charge is -2.21. The van der Waals surface area contributed by atoms with Crippen LogP contribution in [-0.4, -0.2) is 32.1 Å². The third-order valence-corrected chi connectivity index (χ3v) is 6.39. The van der Waals surface area contributed by atoms with E-state index >= 15 is 0 Å². The van der Waals surface area contributed by atoms with Gasteiger partial charge in [-0.05, 0) is 30.4 Å². The van der Waals surface area contributed by atoms with Crippen LogP contribution in [0.1, 0.15) is 0 Å². The molecule has 6 heteroatoms. The molecule has 0 saturated carbocycles. The monoisotopic (exact) mass is 316 g/mol. The second-order valence-corrected chi connectivity index (χ2v) is 7.65. The van der Waals surface area contributed by atoms with E-state index in [1.807, 2.05) is 41.7 Å². The number of thioether (sulfide) groups is 2. The summed E-state index contributed by atoms with van der Waals surface area (Å²) in [5.74, 6) is 3.72. The van der Waals surface area contributed by atoms with Crippen molar-refractivity contribution in [3.05, 3.63) is 28.0 Å². The highest BCUT2D eigenvalue weighted by Gasteiger charge is 2.16. The van der Waals surface area contributed by atoms with Crippen molar-refractivity contribution in [2.45, 2.75) is 11.8 Å². The van der Waals surface area contributed by atoms with E-state index in [2.05, 4.69) is 9.55 Å². The molecule has 1 unspecified atom stereocenters. The molecule has 0 radical (unpaired) electrons. The van der Waals surface area contributed by atoms with Crippen molar-refractivity contribution >= 4 is 58.4 Å². The third kappa shape index (κ3) is 2.59. The van der Waals surface area contributed by atoms with Crippen LogP contribution in [-0.2, 0) is 6.54 Å². The summed E-state index contributed by atoms with van der Waals surface area (Å²) < 4.78 is 2.98. The van der Waals surface area contributed by atoms with Crippen LogP contribution in [0.15, 0.2) is 18.2 Å². The molecule has 2 heterocycles. The fourth-order valence-corrected chi connectivity index (χ4v) is 5.25. The number of nitrogens with one attached hydrogen (secondary N) is 1. The van der Waals surface area contributed by atoms with Crippen LogP contribution in [0.5, 0.6) is 0 Å². The maximum atomic E-state index is 6.07. The molecule has 0 bridgehead atoms. The van der Waals surface area contributed by atoms with E-state index < -0.39 is 0 Å². The zero-order valence-corrected chi connectivity index (χ0v) is 12.9. The van der Waals surface area contributed by atoms with E-state index in [0.717, 1.165) is 27.4 Å². The molecule has 1 aliphatic heterocycles. The molecule has 2 aromatic rings. The fourth-order valence-electron chi connectivity index (χ4n) is 2.15. The summed E-state index contributed by atoms with van der Waals surface area (Å²) in [6.45, 7) is 0.969. The highest BCUT2D eigenvalue weighted by atomic mass is 35.5. The Morgan fingerprint density at radius 1 is 1.44 bits per heavy atom. The molecule has 0 amide bonds. The summed E-state index contributed by atoms with van der Waals surface area (Å²) >= 11 is 15.6. The Morgan fingerprint density at radius 2 is 2.33 bits per heavy atom. The normalized spacial score (nSPS) is 20.4. The van der Waals surface area contributed by atoms with Crippen LogP contribution in [0, 0.1) is 4.77 Å². The number of aromatic amines is 1. The molecule has 2 nitrogen and oxygen atoms in total. The number of nitrogens with zero attached hydrogens (tertiary/aromatic N) is 1. The van der Waals surface area contributed by atoms with E-state index in [0.29, 0.717) is 5.25 Å². The lowest BCUT2D eigenvalue weighted by Crippen LogP contribution is -2.20. The van der Waals surface area contributed by atoms with Crippen molar-refractivity contribution in [1.29, 1.82) is 0 Å². The molecule has 1 aromatic carbocycles. The number of halogens is 1. The molecule has 1 fully saturated rings. The molecule has 18 heavy (non-hydrogen) atoms. The van der Waals surface area contributed by atoms with Gasteiger partial charge >= 0.3 is 0 Å². The van der Waals surface area contributed by atoms with Gasteiger partial charge in [0.1, 0.15) is 0 Å². The Labute approximate surface area is 124 Å². The van der Waals surface area contributed by atoms with Crippen LogP contribution >= 0.6 is 47.3 Å². The van der Waals surface area contributed by atoms with Gasteiger partial charge in [0.15, 0.2) is 4.77 Å². The Hall–Kier alpha value is -0.100. The molecule has 1 N–H and O–H groups in total. The quantitative estimate of drug-likeness (QED) is 0.839. The first-order chi connectivity index (χ1) is 8.74. The molecule has 96 valence electrons. The maximum absolute atomic E-state index is 6.07. The summed E-state index contributed by atoms with van der Waals surface area (Å²) in [5.41, 5.74) is 2.18. The van der Waals surface area contributed by atoms with Crippen molar-refractivity contribution in [2.24, 2.45) is 0 Å². The number of fused-ring (bicyclic) bond motifs is 1. The third-order valence-electron chi connectivity index (χ3n) is 3.01. The Balaban J connectivity index is 1.97. The van der Waals surface area contributed by atoms with Gasteiger partial charge in [0.25, 0.3) is 0 Å². The van der Waals surface area contributed by atoms with Gasteiger partial charge in [0, 0.05) is 34.1 Å². The summed E-state index contributed by atoms with van der Waals surface area (Å²) in [6.07, 6.45) is 0. The first-order valence-electron chi connectivity index (χ1n) is 5.81. The van der Waals surface area contributed by atoms with Crippen molar-refractivity contribution in [1.82, 2.24) is 9.55 Å². The zero-order chi connectivity index (χ0) is 12.5. The molecule has 1 saturated heterocycles. The Morgan fingerprint density at radius 3 is 3.11 bits per heavy atom.